The van der Waals surface area contributed by atoms with Gasteiger partial charge < -0.3 is 5.73 Å². The minimum atomic E-state index is -0.476. The first-order chi connectivity index (χ1) is 7.09. The Morgan fingerprint density at radius 3 is 2.73 bits per heavy atom. The second-order valence-corrected chi connectivity index (χ2v) is 4.10. The number of rotatable bonds is 1. The molecule has 0 atom stereocenters. The zero-order valence-electron chi connectivity index (χ0n) is 8.04. The molecule has 1 aromatic heterocycles. The fourth-order valence-corrected chi connectivity index (χ4v) is 1.73. The van der Waals surface area contributed by atoms with E-state index in [0.29, 0.717) is 5.56 Å². The summed E-state index contributed by atoms with van der Waals surface area (Å²) < 4.78 is 15.8. The molecule has 1 heterocycles. The van der Waals surface area contributed by atoms with Gasteiger partial charge in [-0.1, -0.05) is 28.1 Å². The van der Waals surface area contributed by atoms with E-state index in [9.17, 15) is 4.39 Å². The molecule has 3 nitrogen and oxygen atoms in total. The predicted molar refractivity (Wildman–Crippen MR) is 60.7 cm³/mol. The summed E-state index contributed by atoms with van der Waals surface area (Å²) in [5, 5.41) is 4.02. The second kappa shape index (κ2) is 3.66. The van der Waals surface area contributed by atoms with Crippen LogP contribution in [0.3, 0.4) is 0 Å². The van der Waals surface area contributed by atoms with Crippen molar-refractivity contribution >= 4 is 21.7 Å². The number of benzene rings is 1. The Morgan fingerprint density at radius 2 is 2.20 bits per heavy atom. The third-order valence-electron chi connectivity index (χ3n) is 2.13. The first-order valence-corrected chi connectivity index (χ1v) is 5.13. The highest BCUT2D eigenvalue weighted by Crippen LogP contribution is 2.26. The molecule has 0 aliphatic rings. The molecule has 0 bridgehead atoms. The van der Waals surface area contributed by atoms with Crippen molar-refractivity contribution in [2.24, 2.45) is 7.05 Å². The monoisotopic (exact) mass is 269 g/mol. The second-order valence-electron chi connectivity index (χ2n) is 3.18. The maximum Gasteiger partial charge on any atom is 0.192 e. The summed E-state index contributed by atoms with van der Waals surface area (Å²) in [7, 11) is 1.61. The Kier molecular flexibility index (Phi) is 2.48. The minimum Gasteiger partial charge on any atom is -0.381 e. The average molecular weight is 270 g/mol. The van der Waals surface area contributed by atoms with Gasteiger partial charge in [-0.3, -0.25) is 0 Å². The largest absolute Gasteiger partial charge is 0.381 e. The molecule has 0 saturated heterocycles. The standard InChI is InChI=1S/C10H9BrFN3/c1-15-10(13)8(12)9(14-15)6-3-2-4-7(11)5-6/h2-5H,13H2,1H3. The number of hydrogen-bond donors (Lipinski definition) is 1. The maximum atomic E-state index is 13.6. The molecule has 0 fully saturated rings. The predicted octanol–water partition coefficient (Wildman–Crippen LogP) is 2.57. The van der Waals surface area contributed by atoms with E-state index in [1.54, 1.807) is 19.2 Å². The van der Waals surface area contributed by atoms with Crippen LogP contribution < -0.4 is 5.73 Å². The molecule has 2 N–H and O–H groups in total. The lowest BCUT2D eigenvalue weighted by Gasteiger charge is -1.97. The van der Waals surface area contributed by atoms with Gasteiger partial charge in [0.1, 0.15) is 5.69 Å². The third-order valence-corrected chi connectivity index (χ3v) is 2.62. The summed E-state index contributed by atoms with van der Waals surface area (Å²) in [5.74, 6) is -0.430. The van der Waals surface area contributed by atoms with Crippen molar-refractivity contribution < 1.29 is 4.39 Å². The van der Waals surface area contributed by atoms with Gasteiger partial charge in [0.15, 0.2) is 11.6 Å². The van der Waals surface area contributed by atoms with Gasteiger partial charge in [0.25, 0.3) is 0 Å². The number of hydrogen-bond acceptors (Lipinski definition) is 2. The third kappa shape index (κ3) is 1.74. The van der Waals surface area contributed by atoms with Crippen molar-refractivity contribution in [1.82, 2.24) is 9.78 Å². The lowest BCUT2D eigenvalue weighted by Crippen LogP contribution is -1.97. The smallest absolute Gasteiger partial charge is 0.192 e. The lowest BCUT2D eigenvalue weighted by atomic mass is 10.1. The highest BCUT2D eigenvalue weighted by atomic mass is 79.9. The molecule has 2 aromatic rings. The summed E-state index contributed by atoms with van der Waals surface area (Å²) in [6.45, 7) is 0. The highest BCUT2D eigenvalue weighted by Gasteiger charge is 2.14. The van der Waals surface area contributed by atoms with Crippen LogP contribution in [-0.4, -0.2) is 9.78 Å². The summed E-state index contributed by atoms with van der Waals surface area (Å²) in [6.07, 6.45) is 0. The van der Waals surface area contributed by atoms with Crippen LogP contribution in [0.1, 0.15) is 0 Å². The Hall–Kier alpha value is -1.36. The van der Waals surface area contributed by atoms with Gasteiger partial charge in [0.2, 0.25) is 0 Å². The molecular weight excluding hydrogens is 261 g/mol. The number of halogens is 2. The zero-order valence-corrected chi connectivity index (χ0v) is 9.62. The fraction of sp³-hybridized carbons (Fsp3) is 0.100. The Morgan fingerprint density at radius 1 is 1.47 bits per heavy atom. The molecule has 78 valence electrons. The number of nitrogens with zero attached hydrogens (tertiary/aromatic N) is 2. The van der Waals surface area contributed by atoms with Crippen LogP contribution in [0, 0.1) is 5.82 Å². The average Bonchev–Trinajstić information content (AvgIpc) is 2.46. The Labute approximate surface area is 94.8 Å². The number of nitrogens with two attached hydrogens (primary N) is 1. The SMILES string of the molecule is Cn1nc(-c2cccc(Br)c2)c(F)c1N. The molecule has 1 aromatic carbocycles. The molecule has 0 unspecified atom stereocenters. The molecule has 0 radical (unpaired) electrons. The maximum absolute atomic E-state index is 13.6. The normalized spacial score (nSPS) is 10.6. The van der Waals surface area contributed by atoms with Gasteiger partial charge in [0, 0.05) is 17.1 Å². The summed E-state index contributed by atoms with van der Waals surface area (Å²) in [6, 6.07) is 7.28. The van der Waals surface area contributed by atoms with Crippen LogP contribution in [0.2, 0.25) is 0 Å². The van der Waals surface area contributed by atoms with Gasteiger partial charge in [-0.2, -0.15) is 5.10 Å². The quantitative estimate of drug-likeness (QED) is 0.865. The van der Waals surface area contributed by atoms with Crippen LogP contribution in [0.5, 0.6) is 0 Å². The van der Waals surface area contributed by atoms with E-state index < -0.39 is 5.82 Å². The van der Waals surface area contributed by atoms with Gasteiger partial charge in [0.05, 0.1) is 0 Å². The van der Waals surface area contributed by atoms with E-state index in [4.69, 9.17) is 5.73 Å². The van der Waals surface area contributed by atoms with E-state index in [2.05, 4.69) is 21.0 Å². The van der Waals surface area contributed by atoms with Crippen LogP contribution in [0.15, 0.2) is 28.7 Å². The zero-order chi connectivity index (χ0) is 11.0. The summed E-state index contributed by atoms with van der Waals surface area (Å²) in [5.41, 5.74) is 6.47. The van der Waals surface area contributed by atoms with Crippen molar-refractivity contribution in [2.75, 3.05) is 5.73 Å². The molecular formula is C10H9BrFN3. The lowest BCUT2D eigenvalue weighted by molar-refractivity contribution is 0.634. The summed E-state index contributed by atoms with van der Waals surface area (Å²) >= 11 is 3.32. The van der Waals surface area contributed by atoms with E-state index in [-0.39, 0.29) is 11.5 Å². The highest BCUT2D eigenvalue weighted by molar-refractivity contribution is 9.10. The number of aromatic nitrogens is 2. The van der Waals surface area contributed by atoms with Gasteiger partial charge in [-0.05, 0) is 12.1 Å². The van der Waals surface area contributed by atoms with Crippen LogP contribution in [-0.2, 0) is 7.05 Å². The van der Waals surface area contributed by atoms with Crippen LogP contribution >= 0.6 is 15.9 Å². The van der Waals surface area contributed by atoms with Gasteiger partial charge in [-0.25, -0.2) is 9.07 Å². The van der Waals surface area contributed by atoms with E-state index in [1.165, 1.54) is 4.68 Å². The fourth-order valence-electron chi connectivity index (χ4n) is 1.33. The molecule has 0 amide bonds. The molecule has 5 heteroatoms. The molecule has 0 spiro atoms. The first-order valence-electron chi connectivity index (χ1n) is 4.33. The number of aryl methyl sites for hydroxylation is 1. The molecule has 0 aliphatic carbocycles. The van der Waals surface area contributed by atoms with Gasteiger partial charge in [-0.15, -0.1) is 0 Å². The summed E-state index contributed by atoms with van der Waals surface area (Å²) in [4.78, 5) is 0. The minimum absolute atomic E-state index is 0.0463. The van der Waals surface area contributed by atoms with E-state index >= 15 is 0 Å². The number of nitrogen functional groups attached to an aromatic ring is 1. The molecule has 2 rings (SSSR count). The van der Waals surface area contributed by atoms with E-state index in [1.807, 2.05) is 12.1 Å². The molecule has 0 saturated carbocycles. The van der Waals surface area contributed by atoms with Gasteiger partial charge >= 0.3 is 0 Å². The van der Waals surface area contributed by atoms with Crippen molar-refractivity contribution in [3.8, 4) is 11.3 Å². The van der Waals surface area contributed by atoms with Crippen molar-refractivity contribution in [1.29, 1.82) is 0 Å². The van der Waals surface area contributed by atoms with Crippen LogP contribution in [0.4, 0.5) is 10.2 Å². The topological polar surface area (TPSA) is 43.8 Å². The molecule has 15 heavy (non-hydrogen) atoms. The van der Waals surface area contributed by atoms with Crippen molar-refractivity contribution in [2.45, 2.75) is 0 Å². The molecule has 0 aliphatic heterocycles. The number of anilines is 1. The Balaban J connectivity index is 2.59. The van der Waals surface area contributed by atoms with Crippen molar-refractivity contribution in [3.63, 3.8) is 0 Å². The Bertz CT molecular complexity index is 507. The van der Waals surface area contributed by atoms with E-state index in [0.717, 1.165) is 4.47 Å². The first kappa shape index (κ1) is 10.2. The van der Waals surface area contributed by atoms with Crippen molar-refractivity contribution in [3.05, 3.63) is 34.6 Å². The van der Waals surface area contributed by atoms with Crippen LogP contribution in [0.25, 0.3) is 11.3 Å².